The van der Waals surface area contributed by atoms with Gasteiger partial charge in [-0.05, 0) is 44.0 Å². The van der Waals surface area contributed by atoms with Crippen LogP contribution in [0, 0.1) is 12.7 Å². The molecule has 0 amide bonds. The maximum Gasteiger partial charge on any atom is 0.126 e. The average Bonchev–Trinajstić information content (AvgIpc) is 2.40. The lowest BCUT2D eigenvalue weighted by Gasteiger charge is -2.38. The van der Waals surface area contributed by atoms with Crippen LogP contribution in [0.4, 0.5) is 4.39 Å². The van der Waals surface area contributed by atoms with Gasteiger partial charge in [0.1, 0.15) is 5.82 Å². The molecule has 0 saturated carbocycles. The highest BCUT2D eigenvalue weighted by molar-refractivity contribution is 5.28. The first-order valence-corrected chi connectivity index (χ1v) is 6.53. The Morgan fingerprint density at radius 3 is 2.33 bits per heavy atom. The lowest BCUT2D eigenvalue weighted by Crippen LogP contribution is -2.43. The Morgan fingerprint density at radius 1 is 1.33 bits per heavy atom. The normalized spacial score (nSPS) is 13.7. The molecule has 1 N–H and O–H groups in total. The molecule has 0 aliphatic carbocycles. The van der Waals surface area contributed by atoms with Crippen LogP contribution < -0.4 is 5.32 Å². The van der Waals surface area contributed by atoms with Crippen LogP contribution in [0.2, 0.25) is 0 Å². The van der Waals surface area contributed by atoms with Crippen molar-refractivity contribution < 1.29 is 9.13 Å². The number of aryl methyl sites for hydroxylation is 1. The molecule has 1 rings (SSSR count). The van der Waals surface area contributed by atoms with Crippen molar-refractivity contribution >= 4 is 0 Å². The van der Waals surface area contributed by atoms with Crippen molar-refractivity contribution in [2.45, 2.75) is 45.3 Å². The molecule has 0 aliphatic rings. The molecule has 0 aromatic heterocycles. The van der Waals surface area contributed by atoms with Crippen molar-refractivity contribution in [3.05, 3.63) is 35.1 Å². The number of benzene rings is 1. The molecule has 1 atom stereocenters. The standard InChI is InChI=1S/C15H24FNO/c1-6-15(7-2,18-5)14(17-4)12-9-8-11(3)13(16)10-12/h8-10,14,17H,6-7H2,1-5H3. The van der Waals surface area contributed by atoms with Crippen molar-refractivity contribution in [2.24, 2.45) is 0 Å². The fraction of sp³-hybridized carbons (Fsp3) is 0.600. The van der Waals surface area contributed by atoms with E-state index in [0.717, 1.165) is 18.4 Å². The van der Waals surface area contributed by atoms with E-state index in [1.54, 1.807) is 20.1 Å². The number of hydrogen-bond acceptors (Lipinski definition) is 2. The van der Waals surface area contributed by atoms with Gasteiger partial charge in [0.15, 0.2) is 0 Å². The van der Waals surface area contributed by atoms with Gasteiger partial charge >= 0.3 is 0 Å². The predicted octanol–water partition coefficient (Wildman–Crippen LogP) is 3.60. The van der Waals surface area contributed by atoms with Gasteiger partial charge in [-0.2, -0.15) is 0 Å². The zero-order chi connectivity index (χ0) is 13.8. The highest BCUT2D eigenvalue weighted by atomic mass is 19.1. The van der Waals surface area contributed by atoms with Gasteiger partial charge in [0.2, 0.25) is 0 Å². The second-order valence-corrected chi connectivity index (χ2v) is 4.71. The minimum atomic E-state index is -0.295. The molecule has 0 heterocycles. The molecule has 0 aliphatic heterocycles. The Morgan fingerprint density at radius 2 is 1.94 bits per heavy atom. The fourth-order valence-electron chi connectivity index (χ4n) is 2.59. The molecule has 0 fully saturated rings. The molecular formula is C15H24FNO. The van der Waals surface area contributed by atoms with Crippen LogP contribution in [0.15, 0.2) is 18.2 Å². The van der Waals surface area contributed by atoms with Crippen LogP contribution >= 0.6 is 0 Å². The predicted molar refractivity (Wildman–Crippen MR) is 73.3 cm³/mol. The number of likely N-dealkylation sites (N-methyl/N-ethyl adjacent to an activating group) is 1. The summed E-state index contributed by atoms with van der Waals surface area (Å²) in [7, 11) is 3.61. The van der Waals surface area contributed by atoms with E-state index in [4.69, 9.17) is 4.74 Å². The topological polar surface area (TPSA) is 21.3 Å². The monoisotopic (exact) mass is 253 g/mol. The quantitative estimate of drug-likeness (QED) is 0.836. The van der Waals surface area contributed by atoms with Gasteiger partial charge in [-0.1, -0.05) is 26.0 Å². The van der Waals surface area contributed by atoms with Crippen LogP contribution in [0.5, 0.6) is 0 Å². The minimum absolute atomic E-state index is 0.00685. The molecule has 0 saturated heterocycles. The van der Waals surface area contributed by atoms with E-state index in [0.29, 0.717) is 5.56 Å². The van der Waals surface area contributed by atoms with Crippen molar-refractivity contribution in [2.75, 3.05) is 14.2 Å². The molecule has 3 heteroatoms. The van der Waals surface area contributed by atoms with Gasteiger partial charge < -0.3 is 10.1 Å². The fourth-order valence-corrected chi connectivity index (χ4v) is 2.59. The van der Waals surface area contributed by atoms with Gasteiger partial charge in [0.25, 0.3) is 0 Å². The van der Waals surface area contributed by atoms with Crippen molar-refractivity contribution in [3.8, 4) is 0 Å². The van der Waals surface area contributed by atoms with Crippen LogP contribution in [-0.4, -0.2) is 19.8 Å². The zero-order valence-electron chi connectivity index (χ0n) is 12.0. The third kappa shape index (κ3) is 2.73. The number of hydrogen-bond donors (Lipinski definition) is 1. The Kier molecular flexibility index (Phi) is 5.29. The number of methoxy groups -OCH3 is 1. The minimum Gasteiger partial charge on any atom is -0.376 e. The molecule has 0 radical (unpaired) electrons. The summed E-state index contributed by atoms with van der Waals surface area (Å²) in [6.07, 6.45) is 1.75. The first kappa shape index (κ1) is 15.1. The number of rotatable bonds is 6. The van der Waals surface area contributed by atoms with Gasteiger partial charge in [-0.25, -0.2) is 4.39 Å². The molecule has 0 bridgehead atoms. The summed E-state index contributed by atoms with van der Waals surface area (Å²) in [5, 5.41) is 3.27. The van der Waals surface area contributed by atoms with Crippen molar-refractivity contribution in [3.63, 3.8) is 0 Å². The van der Waals surface area contributed by atoms with E-state index < -0.39 is 0 Å². The maximum absolute atomic E-state index is 13.7. The highest BCUT2D eigenvalue weighted by Gasteiger charge is 2.36. The smallest absolute Gasteiger partial charge is 0.126 e. The van der Waals surface area contributed by atoms with Gasteiger partial charge in [-0.15, -0.1) is 0 Å². The Hall–Kier alpha value is -0.930. The van der Waals surface area contributed by atoms with Crippen LogP contribution in [0.3, 0.4) is 0 Å². The molecule has 18 heavy (non-hydrogen) atoms. The number of halogens is 1. The molecule has 1 aromatic rings. The second kappa shape index (κ2) is 6.30. The summed E-state index contributed by atoms with van der Waals surface area (Å²) < 4.78 is 19.4. The summed E-state index contributed by atoms with van der Waals surface area (Å²) >= 11 is 0. The molecule has 0 spiro atoms. The van der Waals surface area contributed by atoms with Gasteiger partial charge in [0, 0.05) is 7.11 Å². The molecule has 102 valence electrons. The zero-order valence-corrected chi connectivity index (χ0v) is 12.0. The second-order valence-electron chi connectivity index (χ2n) is 4.71. The van der Waals surface area contributed by atoms with Crippen LogP contribution in [0.1, 0.15) is 43.9 Å². The van der Waals surface area contributed by atoms with Crippen molar-refractivity contribution in [1.29, 1.82) is 0 Å². The largest absolute Gasteiger partial charge is 0.376 e. The molecule has 1 unspecified atom stereocenters. The van der Waals surface area contributed by atoms with E-state index in [9.17, 15) is 4.39 Å². The highest BCUT2D eigenvalue weighted by Crippen LogP contribution is 2.35. The van der Waals surface area contributed by atoms with Crippen LogP contribution in [-0.2, 0) is 4.74 Å². The van der Waals surface area contributed by atoms with E-state index in [1.165, 1.54) is 0 Å². The molecular weight excluding hydrogens is 229 g/mol. The molecule has 2 nitrogen and oxygen atoms in total. The average molecular weight is 253 g/mol. The Balaban J connectivity index is 3.19. The first-order chi connectivity index (χ1) is 8.54. The maximum atomic E-state index is 13.7. The Bertz CT molecular complexity index is 380. The lowest BCUT2D eigenvalue weighted by atomic mass is 9.83. The summed E-state index contributed by atoms with van der Waals surface area (Å²) in [4.78, 5) is 0. The third-order valence-corrected chi connectivity index (χ3v) is 3.95. The van der Waals surface area contributed by atoms with E-state index in [2.05, 4.69) is 19.2 Å². The summed E-state index contributed by atoms with van der Waals surface area (Å²) in [5.41, 5.74) is 1.31. The first-order valence-electron chi connectivity index (χ1n) is 6.53. The number of ether oxygens (including phenoxy) is 1. The van der Waals surface area contributed by atoms with Crippen molar-refractivity contribution in [1.82, 2.24) is 5.32 Å². The Labute approximate surface area is 110 Å². The summed E-state index contributed by atoms with van der Waals surface area (Å²) in [6, 6.07) is 5.39. The summed E-state index contributed by atoms with van der Waals surface area (Å²) in [6.45, 7) is 5.97. The van der Waals surface area contributed by atoms with E-state index in [1.807, 2.05) is 19.2 Å². The third-order valence-electron chi connectivity index (χ3n) is 3.95. The van der Waals surface area contributed by atoms with Gasteiger partial charge in [-0.3, -0.25) is 0 Å². The number of nitrogens with one attached hydrogen (secondary N) is 1. The molecule has 1 aromatic carbocycles. The van der Waals surface area contributed by atoms with Gasteiger partial charge in [0.05, 0.1) is 11.6 Å². The lowest BCUT2D eigenvalue weighted by molar-refractivity contribution is -0.0468. The SMILES string of the molecule is CCC(CC)(OC)C(NC)c1ccc(C)c(F)c1. The van der Waals surface area contributed by atoms with E-state index in [-0.39, 0.29) is 17.5 Å². The van der Waals surface area contributed by atoms with Crippen LogP contribution in [0.25, 0.3) is 0 Å². The summed E-state index contributed by atoms with van der Waals surface area (Å²) in [5.74, 6) is -0.162. The van der Waals surface area contributed by atoms with E-state index >= 15 is 0 Å².